The van der Waals surface area contributed by atoms with Crippen molar-refractivity contribution >= 4 is 23.0 Å². The van der Waals surface area contributed by atoms with E-state index >= 15 is 0 Å². The molecule has 2 aromatic rings. The first-order valence-electron chi connectivity index (χ1n) is 5.63. The van der Waals surface area contributed by atoms with Crippen molar-refractivity contribution < 1.29 is 4.39 Å². The molecule has 2 rings (SSSR count). The fourth-order valence-electron chi connectivity index (χ4n) is 1.77. The summed E-state index contributed by atoms with van der Waals surface area (Å²) in [6, 6.07) is 10.4. The lowest BCUT2D eigenvalue weighted by Gasteiger charge is -2.14. The van der Waals surface area contributed by atoms with Crippen molar-refractivity contribution in [3.63, 3.8) is 0 Å². The molecule has 0 aromatic heterocycles. The monoisotopic (exact) mass is 264 g/mol. The Morgan fingerprint density at radius 2 is 1.83 bits per heavy atom. The molecule has 3 N–H and O–H groups in total. The van der Waals surface area contributed by atoms with Gasteiger partial charge in [0, 0.05) is 28.5 Å². The Morgan fingerprint density at radius 1 is 1.17 bits per heavy atom. The van der Waals surface area contributed by atoms with Gasteiger partial charge in [0.2, 0.25) is 0 Å². The van der Waals surface area contributed by atoms with Crippen LogP contribution in [0.2, 0.25) is 5.02 Å². The van der Waals surface area contributed by atoms with Crippen molar-refractivity contribution in [3.8, 4) is 0 Å². The average molecular weight is 265 g/mol. The van der Waals surface area contributed by atoms with Gasteiger partial charge in [-0.05, 0) is 36.8 Å². The number of halogens is 2. The number of benzene rings is 2. The van der Waals surface area contributed by atoms with Crippen molar-refractivity contribution in [1.82, 2.24) is 0 Å². The summed E-state index contributed by atoms with van der Waals surface area (Å²) in [5, 5.41) is 3.84. The van der Waals surface area contributed by atoms with Crippen LogP contribution < -0.4 is 11.1 Å². The molecule has 0 amide bonds. The zero-order valence-electron chi connectivity index (χ0n) is 10.0. The maximum atomic E-state index is 13.6. The average Bonchev–Trinajstić information content (AvgIpc) is 2.35. The van der Waals surface area contributed by atoms with Crippen molar-refractivity contribution in [1.29, 1.82) is 0 Å². The predicted octanol–water partition coefficient (Wildman–Crippen LogP) is 3.99. The number of hydrogen-bond donors (Lipinski definition) is 2. The molecule has 0 unspecified atom stereocenters. The normalized spacial score (nSPS) is 10.4. The number of anilines is 2. The van der Waals surface area contributed by atoms with Crippen LogP contribution in [0, 0.1) is 12.7 Å². The van der Waals surface area contributed by atoms with E-state index in [9.17, 15) is 4.39 Å². The molecule has 0 aliphatic rings. The summed E-state index contributed by atoms with van der Waals surface area (Å²) in [5.41, 5.74) is 8.48. The molecule has 18 heavy (non-hydrogen) atoms. The fraction of sp³-hybridized carbons (Fsp3) is 0.143. The Hall–Kier alpha value is -1.58. The third-order valence-electron chi connectivity index (χ3n) is 2.86. The van der Waals surface area contributed by atoms with E-state index in [0.29, 0.717) is 16.3 Å². The molecule has 2 aromatic carbocycles. The van der Waals surface area contributed by atoms with Crippen LogP contribution in [0.3, 0.4) is 0 Å². The van der Waals surface area contributed by atoms with Crippen LogP contribution in [0.4, 0.5) is 15.8 Å². The largest absolute Gasteiger partial charge is 0.355 e. The summed E-state index contributed by atoms with van der Waals surface area (Å²) in [5.74, 6) is -0.304. The summed E-state index contributed by atoms with van der Waals surface area (Å²) >= 11 is 6.05. The van der Waals surface area contributed by atoms with Crippen LogP contribution in [0.25, 0.3) is 0 Å². The molecule has 0 fully saturated rings. The lowest BCUT2D eigenvalue weighted by atomic mass is 10.1. The Kier molecular flexibility index (Phi) is 3.84. The van der Waals surface area contributed by atoms with E-state index in [1.54, 1.807) is 12.1 Å². The first-order chi connectivity index (χ1) is 8.63. The van der Waals surface area contributed by atoms with Gasteiger partial charge in [-0.15, -0.1) is 0 Å². The van der Waals surface area contributed by atoms with E-state index in [-0.39, 0.29) is 12.4 Å². The zero-order valence-corrected chi connectivity index (χ0v) is 10.8. The van der Waals surface area contributed by atoms with Crippen LogP contribution >= 0.6 is 11.6 Å². The highest BCUT2D eigenvalue weighted by molar-refractivity contribution is 6.31. The SMILES string of the molecule is Cc1c(Cl)cccc1Nc1cccc(F)c1CN. The number of rotatable bonds is 3. The highest BCUT2D eigenvalue weighted by Gasteiger charge is 2.08. The van der Waals surface area contributed by atoms with E-state index in [1.807, 2.05) is 25.1 Å². The van der Waals surface area contributed by atoms with Gasteiger partial charge in [-0.25, -0.2) is 4.39 Å². The van der Waals surface area contributed by atoms with Crippen molar-refractivity contribution in [2.45, 2.75) is 13.5 Å². The van der Waals surface area contributed by atoms with Gasteiger partial charge in [0.15, 0.2) is 0 Å². The molecule has 0 radical (unpaired) electrons. The summed E-state index contributed by atoms with van der Waals surface area (Å²) in [6.45, 7) is 2.06. The van der Waals surface area contributed by atoms with Gasteiger partial charge in [-0.2, -0.15) is 0 Å². The minimum absolute atomic E-state index is 0.147. The number of hydrogen-bond acceptors (Lipinski definition) is 2. The fourth-order valence-corrected chi connectivity index (χ4v) is 1.95. The van der Waals surface area contributed by atoms with E-state index in [1.165, 1.54) is 6.07 Å². The van der Waals surface area contributed by atoms with Crippen LogP contribution in [-0.2, 0) is 6.54 Å². The van der Waals surface area contributed by atoms with Gasteiger partial charge < -0.3 is 11.1 Å². The Balaban J connectivity index is 2.40. The highest BCUT2D eigenvalue weighted by Crippen LogP contribution is 2.28. The molecule has 0 heterocycles. The number of nitrogens with two attached hydrogens (primary N) is 1. The molecule has 0 spiro atoms. The second-order valence-corrected chi connectivity index (χ2v) is 4.41. The standard InChI is InChI=1S/C14H14ClFN2/c1-9-11(15)4-2-6-13(9)18-14-7-3-5-12(16)10(14)8-17/h2-7,18H,8,17H2,1H3. The maximum absolute atomic E-state index is 13.6. The summed E-state index contributed by atoms with van der Waals surface area (Å²) in [4.78, 5) is 0. The van der Waals surface area contributed by atoms with Gasteiger partial charge in [-0.3, -0.25) is 0 Å². The zero-order chi connectivity index (χ0) is 13.1. The Labute approximate surface area is 111 Å². The third kappa shape index (κ3) is 2.47. The smallest absolute Gasteiger partial charge is 0.129 e. The molecule has 94 valence electrons. The van der Waals surface area contributed by atoms with E-state index in [2.05, 4.69) is 5.32 Å². The van der Waals surface area contributed by atoms with E-state index in [4.69, 9.17) is 17.3 Å². The van der Waals surface area contributed by atoms with Gasteiger partial charge in [-0.1, -0.05) is 23.7 Å². The summed E-state index contributed by atoms with van der Waals surface area (Å²) in [6.07, 6.45) is 0. The van der Waals surface area contributed by atoms with Crippen molar-refractivity contribution in [2.75, 3.05) is 5.32 Å². The minimum atomic E-state index is -0.304. The molecule has 2 nitrogen and oxygen atoms in total. The lowest BCUT2D eigenvalue weighted by Crippen LogP contribution is -2.05. The van der Waals surface area contributed by atoms with Gasteiger partial charge in [0.1, 0.15) is 5.82 Å². The first kappa shape index (κ1) is 12.9. The van der Waals surface area contributed by atoms with Gasteiger partial charge >= 0.3 is 0 Å². The van der Waals surface area contributed by atoms with Crippen LogP contribution in [0.5, 0.6) is 0 Å². The molecular formula is C14H14ClFN2. The third-order valence-corrected chi connectivity index (χ3v) is 3.27. The van der Waals surface area contributed by atoms with Crippen molar-refractivity contribution in [2.24, 2.45) is 5.73 Å². The summed E-state index contributed by atoms with van der Waals surface area (Å²) in [7, 11) is 0. The highest BCUT2D eigenvalue weighted by atomic mass is 35.5. The van der Waals surface area contributed by atoms with Crippen LogP contribution in [0.15, 0.2) is 36.4 Å². The molecular weight excluding hydrogens is 251 g/mol. The van der Waals surface area contributed by atoms with Crippen LogP contribution in [0.1, 0.15) is 11.1 Å². The lowest BCUT2D eigenvalue weighted by molar-refractivity contribution is 0.611. The summed E-state index contributed by atoms with van der Waals surface area (Å²) < 4.78 is 13.6. The molecule has 0 saturated carbocycles. The second kappa shape index (κ2) is 5.38. The number of nitrogens with one attached hydrogen (secondary N) is 1. The van der Waals surface area contributed by atoms with Crippen LogP contribution in [-0.4, -0.2) is 0 Å². The quantitative estimate of drug-likeness (QED) is 0.880. The minimum Gasteiger partial charge on any atom is -0.355 e. The molecule has 0 aliphatic carbocycles. The topological polar surface area (TPSA) is 38.0 Å². The van der Waals surface area contributed by atoms with E-state index in [0.717, 1.165) is 11.3 Å². The maximum Gasteiger partial charge on any atom is 0.129 e. The van der Waals surface area contributed by atoms with E-state index < -0.39 is 0 Å². The second-order valence-electron chi connectivity index (χ2n) is 4.01. The molecule has 0 saturated heterocycles. The van der Waals surface area contributed by atoms with Gasteiger partial charge in [0.25, 0.3) is 0 Å². The molecule has 4 heteroatoms. The molecule has 0 bridgehead atoms. The molecule has 0 atom stereocenters. The van der Waals surface area contributed by atoms with Crippen molar-refractivity contribution in [3.05, 3.63) is 58.4 Å². The predicted molar refractivity (Wildman–Crippen MR) is 73.8 cm³/mol. The first-order valence-corrected chi connectivity index (χ1v) is 6.01. The Morgan fingerprint density at radius 3 is 2.56 bits per heavy atom. The van der Waals surface area contributed by atoms with Gasteiger partial charge in [0.05, 0.1) is 0 Å². The molecule has 0 aliphatic heterocycles. The Bertz CT molecular complexity index is 570.